The summed E-state index contributed by atoms with van der Waals surface area (Å²) in [6.45, 7) is 1.66. The van der Waals surface area contributed by atoms with Gasteiger partial charge in [-0.15, -0.1) is 11.3 Å². The van der Waals surface area contributed by atoms with E-state index >= 15 is 0 Å². The van der Waals surface area contributed by atoms with E-state index in [0.717, 1.165) is 25.9 Å². The van der Waals surface area contributed by atoms with Gasteiger partial charge < -0.3 is 10.3 Å². The van der Waals surface area contributed by atoms with Gasteiger partial charge >= 0.3 is 0 Å². The van der Waals surface area contributed by atoms with Crippen molar-refractivity contribution in [1.82, 2.24) is 4.57 Å². The molecule has 2 nitrogen and oxygen atoms in total. The van der Waals surface area contributed by atoms with Gasteiger partial charge in [0, 0.05) is 26.4 Å². The molecule has 0 bridgehead atoms. The standard InChI is InChI=1S/C16H17BrN2S/c17-14-7-9-20-16(14)11-19-10-12(4-3-8-18)13-5-1-2-6-15(13)19/h1-2,5-7,9-10H,3-4,8,11,18H2. The number of aromatic nitrogens is 1. The van der Waals surface area contributed by atoms with Gasteiger partial charge in [0.2, 0.25) is 0 Å². The molecular weight excluding hydrogens is 332 g/mol. The predicted molar refractivity (Wildman–Crippen MR) is 90.4 cm³/mol. The minimum atomic E-state index is 0.746. The molecule has 104 valence electrons. The number of fused-ring (bicyclic) bond motifs is 1. The molecule has 1 aromatic carbocycles. The van der Waals surface area contributed by atoms with Crippen LogP contribution in [0.25, 0.3) is 10.9 Å². The SMILES string of the molecule is NCCCc1cn(Cc2sccc2Br)c2ccccc12. The lowest BCUT2D eigenvalue weighted by Crippen LogP contribution is -2.00. The number of rotatable bonds is 5. The molecule has 0 aliphatic carbocycles. The van der Waals surface area contributed by atoms with E-state index in [1.54, 1.807) is 11.3 Å². The van der Waals surface area contributed by atoms with Crippen LogP contribution >= 0.6 is 27.3 Å². The van der Waals surface area contributed by atoms with Crippen LogP contribution < -0.4 is 5.73 Å². The highest BCUT2D eigenvalue weighted by Gasteiger charge is 2.09. The lowest BCUT2D eigenvalue weighted by atomic mass is 10.1. The van der Waals surface area contributed by atoms with Crippen molar-refractivity contribution in [3.05, 3.63) is 56.8 Å². The highest BCUT2D eigenvalue weighted by Crippen LogP contribution is 2.27. The summed E-state index contributed by atoms with van der Waals surface area (Å²) in [5.74, 6) is 0. The Bertz CT molecular complexity index is 714. The van der Waals surface area contributed by atoms with Gasteiger partial charge in [-0.2, -0.15) is 0 Å². The fourth-order valence-electron chi connectivity index (χ4n) is 2.54. The van der Waals surface area contributed by atoms with E-state index in [1.165, 1.54) is 25.8 Å². The first-order chi connectivity index (χ1) is 9.79. The van der Waals surface area contributed by atoms with E-state index in [-0.39, 0.29) is 0 Å². The van der Waals surface area contributed by atoms with Gasteiger partial charge in [-0.1, -0.05) is 18.2 Å². The van der Waals surface area contributed by atoms with E-state index < -0.39 is 0 Å². The van der Waals surface area contributed by atoms with E-state index in [1.807, 2.05) is 0 Å². The summed E-state index contributed by atoms with van der Waals surface area (Å²) in [4.78, 5) is 1.36. The molecule has 0 radical (unpaired) electrons. The average Bonchev–Trinajstić information content (AvgIpc) is 3.02. The van der Waals surface area contributed by atoms with Gasteiger partial charge in [0.25, 0.3) is 0 Å². The van der Waals surface area contributed by atoms with E-state index in [2.05, 4.69) is 62.4 Å². The summed E-state index contributed by atoms with van der Waals surface area (Å²) in [6.07, 6.45) is 4.37. The molecule has 0 saturated carbocycles. The van der Waals surface area contributed by atoms with E-state index in [4.69, 9.17) is 5.73 Å². The van der Waals surface area contributed by atoms with Gasteiger partial charge in [0.15, 0.2) is 0 Å². The fourth-order valence-corrected chi connectivity index (χ4v) is 4.01. The Labute approximate surface area is 131 Å². The number of halogens is 1. The Balaban J connectivity index is 2.00. The normalized spacial score (nSPS) is 11.3. The third-order valence-electron chi connectivity index (χ3n) is 3.53. The predicted octanol–water partition coefficient (Wildman–Crippen LogP) is 4.40. The molecule has 2 heterocycles. The zero-order valence-electron chi connectivity index (χ0n) is 11.2. The smallest absolute Gasteiger partial charge is 0.0580 e. The van der Waals surface area contributed by atoms with Crippen molar-refractivity contribution in [1.29, 1.82) is 0 Å². The number of aryl methyl sites for hydroxylation is 1. The second-order valence-corrected chi connectivity index (χ2v) is 6.74. The third-order valence-corrected chi connectivity index (χ3v) is 5.44. The maximum absolute atomic E-state index is 5.65. The first-order valence-corrected chi connectivity index (χ1v) is 8.45. The fraction of sp³-hybridized carbons (Fsp3) is 0.250. The Hall–Kier alpha value is -1.10. The van der Waals surface area contributed by atoms with Crippen molar-refractivity contribution >= 4 is 38.2 Å². The zero-order valence-corrected chi connectivity index (χ0v) is 13.6. The Morgan fingerprint density at radius 3 is 2.80 bits per heavy atom. The number of hydrogen-bond acceptors (Lipinski definition) is 2. The van der Waals surface area contributed by atoms with Crippen LogP contribution in [0.3, 0.4) is 0 Å². The first kappa shape index (κ1) is 13.9. The molecule has 0 atom stereocenters. The first-order valence-electron chi connectivity index (χ1n) is 6.78. The summed E-state index contributed by atoms with van der Waals surface area (Å²) >= 11 is 5.41. The number of thiophene rings is 1. The van der Waals surface area contributed by atoms with Crippen molar-refractivity contribution in [2.24, 2.45) is 5.73 Å². The molecule has 0 saturated heterocycles. The maximum Gasteiger partial charge on any atom is 0.0580 e. The molecule has 0 aliphatic heterocycles. The van der Waals surface area contributed by atoms with Gasteiger partial charge in [-0.05, 0) is 58.4 Å². The quantitative estimate of drug-likeness (QED) is 0.727. The number of para-hydroxylation sites is 1. The highest BCUT2D eigenvalue weighted by molar-refractivity contribution is 9.10. The summed E-state index contributed by atoms with van der Waals surface area (Å²) in [7, 11) is 0. The van der Waals surface area contributed by atoms with Crippen molar-refractivity contribution in [3.63, 3.8) is 0 Å². The third kappa shape index (κ3) is 2.68. The van der Waals surface area contributed by atoms with Gasteiger partial charge in [-0.25, -0.2) is 0 Å². The van der Waals surface area contributed by atoms with Crippen LogP contribution in [-0.4, -0.2) is 11.1 Å². The second-order valence-electron chi connectivity index (χ2n) is 4.88. The van der Waals surface area contributed by atoms with Crippen molar-refractivity contribution in [3.8, 4) is 0 Å². The summed E-state index contributed by atoms with van der Waals surface area (Å²) < 4.78 is 3.54. The largest absolute Gasteiger partial charge is 0.342 e. The lowest BCUT2D eigenvalue weighted by molar-refractivity contribution is 0.811. The van der Waals surface area contributed by atoms with E-state index in [0.29, 0.717) is 0 Å². The van der Waals surface area contributed by atoms with Gasteiger partial charge in [0.05, 0.1) is 6.54 Å². The Morgan fingerprint density at radius 1 is 1.20 bits per heavy atom. The second kappa shape index (κ2) is 6.12. The minimum Gasteiger partial charge on any atom is -0.342 e. The zero-order chi connectivity index (χ0) is 13.9. The summed E-state index contributed by atoms with van der Waals surface area (Å²) in [6, 6.07) is 10.7. The Kier molecular flexibility index (Phi) is 4.24. The number of hydrogen-bond donors (Lipinski definition) is 1. The van der Waals surface area contributed by atoms with Crippen LogP contribution in [0.1, 0.15) is 16.9 Å². The highest BCUT2D eigenvalue weighted by atomic mass is 79.9. The van der Waals surface area contributed by atoms with Crippen LogP contribution in [0, 0.1) is 0 Å². The lowest BCUT2D eigenvalue weighted by Gasteiger charge is -2.03. The number of benzene rings is 1. The molecular formula is C16H17BrN2S. The topological polar surface area (TPSA) is 30.9 Å². The van der Waals surface area contributed by atoms with Crippen molar-refractivity contribution < 1.29 is 0 Å². The Morgan fingerprint density at radius 2 is 2.05 bits per heavy atom. The molecule has 0 spiro atoms. The minimum absolute atomic E-state index is 0.746. The van der Waals surface area contributed by atoms with Gasteiger partial charge in [-0.3, -0.25) is 0 Å². The van der Waals surface area contributed by atoms with Crippen LogP contribution in [0.4, 0.5) is 0 Å². The molecule has 20 heavy (non-hydrogen) atoms. The van der Waals surface area contributed by atoms with Gasteiger partial charge in [0.1, 0.15) is 0 Å². The molecule has 0 fully saturated rings. The van der Waals surface area contributed by atoms with Crippen LogP contribution in [-0.2, 0) is 13.0 Å². The maximum atomic E-state index is 5.65. The molecule has 0 amide bonds. The van der Waals surface area contributed by atoms with Crippen LogP contribution in [0.15, 0.2) is 46.4 Å². The average molecular weight is 349 g/mol. The molecule has 2 N–H and O–H groups in total. The van der Waals surface area contributed by atoms with Crippen molar-refractivity contribution in [2.75, 3.05) is 6.54 Å². The number of nitrogens with zero attached hydrogens (tertiary/aromatic N) is 1. The molecule has 3 rings (SSSR count). The summed E-state index contributed by atoms with van der Waals surface area (Å²) in [5.41, 5.74) is 8.35. The van der Waals surface area contributed by atoms with Crippen molar-refractivity contribution in [2.45, 2.75) is 19.4 Å². The number of nitrogens with two attached hydrogens (primary N) is 1. The summed E-state index contributed by atoms with van der Waals surface area (Å²) in [5, 5.41) is 3.48. The molecule has 0 unspecified atom stereocenters. The molecule has 4 heteroatoms. The van der Waals surface area contributed by atoms with E-state index in [9.17, 15) is 0 Å². The molecule has 2 aromatic heterocycles. The molecule has 0 aliphatic rings. The monoisotopic (exact) mass is 348 g/mol. The molecule has 3 aromatic rings. The van der Waals surface area contributed by atoms with Crippen LogP contribution in [0.2, 0.25) is 0 Å². The van der Waals surface area contributed by atoms with Crippen LogP contribution in [0.5, 0.6) is 0 Å².